The van der Waals surface area contributed by atoms with Crippen molar-refractivity contribution in [1.82, 2.24) is 10.2 Å². The Morgan fingerprint density at radius 3 is 2.30 bits per heavy atom. The van der Waals surface area contributed by atoms with Crippen LogP contribution in [0.3, 0.4) is 0 Å². The Labute approximate surface area is 189 Å². The van der Waals surface area contributed by atoms with Crippen molar-refractivity contribution in [2.75, 3.05) is 11.1 Å². The van der Waals surface area contributed by atoms with E-state index in [0.717, 1.165) is 25.7 Å². The number of carbonyl (C=O) groups is 1. The molecule has 1 aromatic heterocycles. The molecule has 0 saturated heterocycles. The van der Waals surface area contributed by atoms with E-state index in [4.69, 9.17) is 5.26 Å². The molecule has 8 heteroatoms. The summed E-state index contributed by atoms with van der Waals surface area (Å²) < 4.78 is 1.69. The third kappa shape index (κ3) is 6.87. The van der Waals surface area contributed by atoms with E-state index in [1.54, 1.807) is 11.8 Å². The minimum Gasteiger partial charge on any atom is -0.325 e. The molecule has 3 rings (SSSR count). The highest BCUT2D eigenvalue weighted by Gasteiger charge is 2.10. The first-order chi connectivity index (χ1) is 14.5. The molecule has 1 heterocycles. The number of nitriles is 1. The van der Waals surface area contributed by atoms with Gasteiger partial charge in [-0.3, -0.25) is 4.79 Å². The van der Waals surface area contributed by atoms with E-state index in [9.17, 15) is 4.79 Å². The summed E-state index contributed by atoms with van der Waals surface area (Å²) in [5, 5.41) is 20.0. The van der Waals surface area contributed by atoms with E-state index in [2.05, 4.69) is 59.7 Å². The molecule has 0 saturated carbocycles. The highest BCUT2D eigenvalue weighted by Crippen LogP contribution is 2.31. The number of rotatable bonds is 9. The topological polar surface area (TPSA) is 78.7 Å². The quantitative estimate of drug-likeness (QED) is 0.415. The van der Waals surface area contributed by atoms with Crippen molar-refractivity contribution in [2.45, 2.75) is 40.6 Å². The average Bonchev–Trinajstić information content (AvgIpc) is 3.21. The first-order valence-corrected chi connectivity index (χ1v) is 12.3. The summed E-state index contributed by atoms with van der Waals surface area (Å²) in [7, 11) is 0. The number of benzene rings is 2. The third-order valence-corrected chi connectivity index (χ3v) is 7.51. The summed E-state index contributed by atoms with van der Waals surface area (Å²) in [6, 6.07) is 18.1. The van der Waals surface area contributed by atoms with Gasteiger partial charge >= 0.3 is 0 Å². The van der Waals surface area contributed by atoms with Gasteiger partial charge in [0.1, 0.15) is 0 Å². The molecule has 0 unspecified atom stereocenters. The lowest BCUT2D eigenvalue weighted by Crippen LogP contribution is -2.13. The summed E-state index contributed by atoms with van der Waals surface area (Å²) in [6.07, 6.45) is 0.366. The van der Waals surface area contributed by atoms with Crippen molar-refractivity contribution < 1.29 is 4.79 Å². The molecule has 0 bridgehead atoms. The smallest absolute Gasteiger partial charge is 0.234 e. The zero-order chi connectivity index (χ0) is 21.3. The summed E-state index contributed by atoms with van der Waals surface area (Å²) >= 11 is 4.55. The molecular formula is C22H22N4OS3. The molecule has 5 nitrogen and oxygen atoms in total. The maximum atomic E-state index is 12.2. The molecule has 0 aliphatic carbocycles. The lowest BCUT2D eigenvalue weighted by molar-refractivity contribution is -0.113. The van der Waals surface area contributed by atoms with Gasteiger partial charge in [0.2, 0.25) is 5.91 Å². The van der Waals surface area contributed by atoms with Gasteiger partial charge < -0.3 is 5.32 Å². The van der Waals surface area contributed by atoms with Crippen molar-refractivity contribution in [3.63, 3.8) is 0 Å². The normalized spacial score (nSPS) is 10.7. The molecular weight excluding hydrogens is 432 g/mol. The Hall–Kier alpha value is -2.34. The van der Waals surface area contributed by atoms with Gasteiger partial charge in [0, 0.05) is 11.4 Å². The van der Waals surface area contributed by atoms with E-state index in [1.165, 1.54) is 34.2 Å². The first-order valence-electron chi connectivity index (χ1n) is 9.47. The maximum absolute atomic E-state index is 12.2. The van der Waals surface area contributed by atoms with E-state index in [1.807, 2.05) is 24.3 Å². The van der Waals surface area contributed by atoms with E-state index >= 15 is 0 Å². The molecule has 154 valence electrons. The van der Waals surface area contributed by atoms with Crippen LogP contribution in [-0.4, -0.2) is 21.9 Å². The van der Waals surface area contributed by atoms with E-state index in [0.29, 0.717) is 12.3 Å². The number of hydrogen-bond acceptors (Lipinski definition) is 7. The molecule has 30 heavy (non-hydrogen) atoms. The van der Waals surface area contributed by atoms with Crippen LogP contribution >= 0.6 is 34.9 Å². The number of hydrogen-bond donors (Lipinski definition) is 1. The van der Waals surface area contributed by atoms with Crippen molar-refractivity contribution in [3.05, 3.63) is 65.2 Å². The number of nitrogens with one attached hydrogen (secondary N) is 1. The van der Waals surface area contributed by atoms with Crippen molar-refractivity contribution >= 4 is 46.5 Å². The van der Waals surface area contributed by atoms with Crippen molar-refractivity contribution in [3.8, 4) is 6.07 Å². The van der Waals surface area contributed by atoms with E-state index < -0.39 is 0 Å². The molecule has 2 aromatic carbocycles. The highest BCUT2D eigenvalue weighted by atomic mass is 32.2. The first kappa shape index (κ1) is 22.3. The zero-order valence-corrected chi connectivity index (χ0v) is 19.2. The monoisotopic (exact) mass is 454 g/mol. The number of aromatic nitrogens is 2. The fraction of sp³-hybridized carbons (Fsp3) is 0.273. The van der Waals surface area contributed by atoms with Crippen LogP contribution in [0.25, 0.3) is 0 Å². The van der Waals surface area contributed by atoms with Gasteiger partial charge in [-0.2, -0.15) is 5.26 Å². The molecule has 0 radical (unpaired) electrons. The summed E-state index contributed by atoms with van der Waals surface area (Å²) in [5.41, 5.74) is 4.25. The Bertz CT molecular complexity index is 1010. The predicted octanol–water partition coefficient (Wildman–Crippen LogP) is 5.75. The molecule has 1 amide bonds. The SMILES string of the molecule is CC(C)c1ccc(CSc2nnc(SCC(=O)Nc3ccc(CC#N)cc3)s2)cc1. The minimum absolute atomic E-state index is 0.0947. The van der Waals surface area contributed by atoms with Crippen molar-refractivity contribution in [2.24, 2.45) is 0 Å². The maximum Gasteiger partial charge on any atom is 0.234 e. The average molecular weight is 455 g/mol. The predicted molar refractivity (Wildman–Crippen MR) is 125 cm³/mol. The molecule has 0 aliphatic heterocycles. The van der Waals surface area contributed by atoms with Crippen LogP contribution in [-0.2, 0) is 17.0 Å². The van der Waals surface area contributed by atoms with Crippen LogP contribution in [0, 0.1) is 11.3 Å². The van der Waals surface area contributed by atoms with Gasteiger partial charge in [0.25, 0.3) is 0 Å². The molecule has 0 aliphatic rings. The Morgan fingerprint density at radius 2 is 1.67 bits per heavy atom. The molecule has 1 N–H and O–H groups in total. The van der Waals surface area contributed by atoms with Gasteiger partial charge in [-0.05, 0) is 34.7 Å². The number of carbonyl (C=O) groups excluding carboxylic acids is 1. The van der Waals surface area contributed by atoms with Crippen LogP contribution < -0.4 is 5.32 Å². The lowest BCUT2D eigenvalue weighted by Gasteiger charge is -2.06. The van der Waals surface area contributed by atoms with Crippen LogP contribution in [0.2, 0.25) is 0 Å². The number of thioether (sulfide) groups is 2. The second-order valence-corrected chi connectivity index (χ2v) is 10.3. The van der Waals surface area contributed by atoms with Crippen molar-refractivity contribution in [1.29, 1.82) is 5.26 Å². The molecule has 0 spiro atoms. The lowest BCUT2D eigenvalue weighted by atomic mass is 10.0. The number of nitrogens with zero attached hydrogens (tertiary/aromatic N) is 3. The van der Waals surface area contributed by atoms with Gasteiger partial charge in [0.05, 0.1) is 18.2 Å². The number of anilines is 1. The Kier molecular flexibility index (Phi) is 8.31. The Balaban J connectivity index is 1.43. The third-order valence-electron chi connectivity index (χ3n) is 4.24. The molecule has 0 fully saturated rings. The van der Waals surface area contributed by atoms with Gasteiger partial charge in [-0.1, -0.05) is 85.1 Å². The second-order valence-electron chi connectivity index (χ2n) is 6.89. The molecule has 0 atom stereocenters. The van der Waals surface area contributed by atoms with Gasteiger partial charge in [0.15, 0.2) is 8.68 Å². The molecule has 3 aromatic rings. The number of amides is 1. The summed E-state index contributed by atoms with van der Waals surface area (Å²) in [4.78, 5) is 12.2. The second kappa shape index (κ2) is 11.2. The summed E-state index contributed by atoms with van der Waals surface area (Å²) in [5.74, 6) is 1.56. The fourth-order valence-electron chi connectivity index (χ4n) is 2.58. The minimum atomic E-state index is -0.0947. The van der Waals surface area contributed by atoms with E-state index in [-0.39, 0.29) is 11.7 Å². The Morgan fingerprint density at radius 1 is 1.03 bits per heavy atom. The van der Waals surface area contributed by atoms with Gasteiger partial charge in [-0.15, -0.1) is 10.2 Å². The standard InChI is InChI=1S/C22H22N4OS3/c1-15(2)18-7-3-17(4-8-18)13-28-21-25-26-22(30-21)29-14-20(27)24-19-9-5-16(6-10-19)11-12-23/h3-10,15H,11,13-14H2,1-2H3,(H,24,27). The summed E-state index contributed by atoms with van der Waals surface area (Å²) in [6.45, 7) is 4.38. The van der Waals surface area contributed by atoms with Crippen LogP contribution in [0.4, 0.5) is 5.69 Å². The highest BCUT2D eigenvalue weighted by molar-refractivity contribution is 8.03. The van der Waals surface area contributed by atoms with Crippen LogP contribution in [0.5, 0.6) is 0 Å². The van der Waals surface area contributed by atoms with Crippen LogP contribution in [0.1, 0.15) is 36.5 Å². The van der Waals surface area contributed by atoms with Crippen LogP contribution in [0.15, 0.2) is 57.2 Å². The zero-order valence-electron chi connectivity index (χ0n) is 16.8. The largest absolute Gasteiger partial charge is 0.325 e. The van der Waals surface area contributed by atoms with Gasteiger partial charge in [-0.25, -0.2) is 0 Å². The fourth-order valence-corrected chi connectivity index (χ4v) is 5.36.